The normalized spacial score (nSPS) is 14.6. The Hall–Kier alpha value is -1.66. The minimum atomic E-state index is -1.15. The van der Waals surface area contributed by atoms with E-state index in [9.17, 15) is 9.90 Å². The van der Waals surface area contributed by atoms with E-state index >= 15 is 0 Å². The summed E-state index contributed by atoms with van der Waals surface area (Å²) in [5.74, 6) is 0.153. The number of rotatable bonds is 5. The van der Waals surface area contributed by atoms with Crippen molar-refractivity contribution in [2.75, 3.05) is 11.9 Å². The Bertz CT molecular complexity index is 494. The summed E-state index contributed by atoms with van der Waals surface area (Å²) in [5, 5.41) is 10.2. The molecule has 3 N–H and O–H groups in total. The molecule has 0 aromatic carbocycles. The van der Waals surface area contributed by atoms with Crippen LogP contribution in [-0.4, -0.2) is 40.8 Å². The summed E-state index contributed by atoms with van der Waals surface area (Å²) in [6.45, 7) is 9.37. The predicted octanol–water partition coefficient (Wildman–Crippen LogP) is 1.63. The molecule has 0 bridgehead atoms. The molecule has 0 spiro atoms. The van der Waals surface area contributed by atoms with Crippen LogP contribution in [0.2, 0.25) is 0 Å². The minimum absolute atomic E-state index is 0.312. The van der Waals surface area contributed by atoms with Gasteiger partial charge in [0.15, 0.2) is 0 Å². The van der Waals surface area contributed by atoms with Crippen LogP contribution in [0.3, 0.4) is 0 Å². The van der Waals surface area contributed by atoms with Crippen molar-refractivity contribution in [2.45, 2.75) is 58.4 Å². The van der Waals surface area contributed by atoms with Crippen LogP contribution in [-0.2, 0) is 9.53 Å². The molecule has 0 aliphatic carbocycles. The fraction of sp³-hybridized carbons (Fsp3) is 0.625. The molecular formula is C16H27N3O3. The molecule has 0 aliphatic rings. The van der Waals surface area contributed by atoms with E-state index in [1.54, 1.807) is 32.9 Å². The first-order valence-corrected chi connectivity index (χ1v) is 7.38. The molecular weight excluding hydrogens is 282 g/mol. The molecule has 1 rings (SSSR count). The molecule has 2 atom stereocenters. The monoisotopic (exact) mass is 309 g/mol. The molecule has 22 heavy (non-hydrogen) atoms. The number of esters is 1. The third kappa shape index (κ3) is 4.96. The van der Waals surface area contributed by atoms with Crippen LogP contribution in [0.1, 0.15) is 46.3 Å². The summed E-state index contributed by atoms with van der Waals surface area (Å²) in [6, 6.07) is 2.68. The molecule has 0 saturated carbocycles. The molecule has 6 heteroatoms. The van der Waals surface area contributed by atoms with Crippen molar-refractivity contribution < 1.29 is 14.6 Å². The molecule has 2 unspecified atom stereocenters. The number of pyridine rings is 1. The van der Waals surface area contributed by atoms with Crippen LogP contribution in [0.5, 0.6) is 0 Å². The Balaban J connectivity index is 2.81. The second-order valence-corrected chi connectivity index (χ2v) is 6.66. The fourth-order valence-corrected chi connectivity index (χ4v) is 1.75. The van der Waals surface area contributed by atoms with Crippen molar-refractivity contribution in [3.63, 3.8) is 0 Å². The van der Waals surface area contributed by atoms with Gasteiger partial charge in [-0.1, -0.05) is 6.07 Å². The first-order valence-electron chi connectivity index (χ1n) is 7.38. The second kappa shape index (κ2) is 7.07. The second-order valence-electron chi connectivity index (χ2n) is 6.66. The summed E-state index contributed by atoms with van der Waals surface area (Å²) < 4.78 is 5.18. The number of aromatic nitrogens is 1. The predicted molar refractivity (Wildman–Crippen MR) is 86.6 cm³/mol. The number of anilines is 1. The molecule has 124 valence electrons. The van der Waals surface area contributed by atoms with Gasteiger partial charge < -0.3 is 20.5 Å². The van der Waals surface area contributed by atoms with E-state index < -0.39 is 23.7 Å². The average molecular weight is 309 g/mol. The molecule has 0 amide bonds. The molecule has 1 heterocycles. The van der Waals surface area contributed by atoms with Crippen molar-refractivity contribution in [3.8, 4) is 0 Å². The number of nitrogens with zero attached hydrogens (tertiary/aromatic N) is 2. The van der Waals surface area contributed by atoms with Crippen LogP contribution in [0, 0.1) is 0 Å². The largest absolute Gasteiger partial charge is 0.459 e. The van der Waals surface area contributed by atoms with Crippen molar-refractivity contribution in [1.29, 1.82) is 0 Å². The zero-order valence-electron chi connectivity index (χ0n) is 14.2. The van der Waals surface area contributed by atoms with Gasteiger partial charge in [0.25, 0.3) is 0 Å². The van der Waals surface area contributed by atoms with E-state index in [1.807, 2.05) is 11.9 Å². The van der Waals surface area contributed by atoms with Gasteiger partial charge in [0, 0.05) is 24.8 Å². The molecule has 0 aliphatic heterocycles. The van der Waals surface area contributed by atoms with Crippen LogP contribution in [0.4, 0.5) is 5.82 Å². The minimum Gasteiger partial charge on any atom is -0.459 e. The molecule has 0 fully saturated rings. The van der Waals surface area contributed by atoms with Crippen LogP contribution >= 0.6 is 0 Å². The lowest BCUT2D eigenvalue weighted by Gasteiger charge is -2.25. The van der Waals surface area contributed by atoms with Crippen molar-refractivity contribution in [2.24, 2.45) is 5.73 Å². The first kappa shape index (κ1) is 18.4. The van der Waals surface area contributed by atoms with Crippen LogP contribution in [0.15, 0.2) is 18.3 Å². The average Bonchev–Trinajstić information content (AvgIpc) is 2.43. The number of aliphatic hydroxyl groups excluding tert-OH is 1. The smallest absolute Gasteiger partial charge is 0.326 e. The molecule has 1 aromatic rings. The van der Waals surface area contributed by atoms with Gasteiger partial charge >= 0.3 is 5.97 Å². The number of hydrogen-bond acceptors (Lipinski definition) is 6. The molecule has 0 saturated heterocycles. The maximum absolute atomic E-state index is 11.9. The fourth-order valence-electron chi connectivity index (χ4n) is 1.75. The highest BCUT2D eigenvalue weighted by Gasteiger charge is 2.29. The highest BCUT2D eigenvalue weighted by atomic mass is 16.6. The van der Waals surface area contributed by atoms with Gasteiger partial charge in [0.1, 0.15) is 23.6 Å². The summed E-state index contributed by atoms with van der Waals surface area (Å²) in [5.41, 5.74) is 5.63. The highest BCUT2D eigenvalue weighted by Crippen LogP contribution is 2.20. The number of hydrogen-bond donors (Lipinski definition) is 2. The van der Waals surface area contributed by atoms with Gasteiger partial charge in [-0.25, -0.2) is 4.98 Å². The zero-order chi connectivity index (χ0) is 17.1. The standard InChI is InChI=1S/C16H27N3O3/c1-10(2)19(6)12-8-7-11(9-18-12)14(20)13(17)15(21)22-16(3,4)5/h7-10,13-14,20H,17H2,1-6H3. The van der Waals surface area contributed by atoms with Crippen molar-refractivity contribution >= 4 is 11.8 Å². The van der Waals surface area contributed by atoms with E-state index in [4.69, 9.17) is 10.5 Å². The third-order valence-electron chi connectivity index (χ3n) is 3.27. The number of carbonyl (C=O) groups excluding carboxylic acids is 1. The zero-order valence-corrected chi connectivity index (χ0v) is 14.2. The number of carbonyl (C=O) groups is 1. The van der Waals surface area contributed by atoms with E-state index in [1.165, 1.54) is 6.20 Å². The van der Waals surface area contributed by atoms with E-state index in [0.29, 0.717) is 11.6 Å². The highest BCUT2D eigenvalue weighted by molar-refractivity contribution is 5.77. The van der Waals surface area contributed by atoms with Crippen LogP contribution in [0.25, 0.3) is 0 Å². The summed E-state index contributed by atoms with van der Waals surface area (Å²) in [7, 11) is 1.94. The maximum Gasteiger partial charge on any atom is 0.326 e. The Morgan fingerprint density at radius 1 is 1.36 bits per heavy atom. The van der Waals surface area contributed by atoms with Crippen molar-refractivity contribution in [1.82, 2.24) is 4.98 Å². The third-order valence-corrected chi connectivity index (χ3v) is 3.27. The molecule has 1 aromatic heterocycles. The van der Waals surface area contributed by atoms with Gasteiger partial charge in [-0.15, -0.1) is 0 Å². The Morgan fingerprint density at radius 3 is 2.36 bits per heavy atom. The summed E-state index contributed by atoms with van der Waals surface area (Å²) in [6.07, 6.45) is 0.379. The van der Waals surface area contributed by atoms with Crippen LogP contribution < -0.4 is 10.6 Å². The quantitative estimate of drug-likeness (QED) is 0.804. The van der Waals surface area contributed by atoms with E-state index in [0.717, 1.165) is 5.82 Å². The summed E-state index contributed by atoms with van der Waals surface area (Å²) in [4.78, 5) is 18.2. The Morgan fingerprint density at radius 2 is 1.95 bits per heavy atom. The topological polar surface area (TPSA) is 88.7 Å². The maximum atomic E-state index is 11.9. The lowest BCUT2D eigenvalue weighted by atomic mass is 10.0. The number of aliphatic hydroxyl groups is 1. The van der Waals surface area contributed by atoms with Gasteiger partial charge in [-0.05, 0) is 40.7 Å². The Labute approximate surface area is 132 Å². The van der Waals surface area contributed by atoms with Gasteiger partial charge in [-0.2, -0.15) is 0 Å². The van der Waals surface area contributed by atoms with Gasteiger partial charge in [0.2, 0.25) is 0 Å². The lowest BCUT2D eigenvalue weighted by Crippen LogP contribution is -2.41. The van der Waals surface area contributed by atoms with E-state index in [2.05, 4.69) is 18.8 Å². The first-order chi connectivity index (χ1) is 10.0. The molecule has 6 nitrogen and oxygen atoms in total. The number of ether oxygens (including phenoxy) is 1. The lowest BCUT2D eigenvalue weighted by molar-refractivity contribution is -0.159. The molecule has 0 radical (unpaired) electrons. The summed E-state index contributed by atoms with van der Waals surface area (Å²) >= 11 is 0. The SMILES string of the molecule is CC(C)N(C)c1ccc(C(O)C(N)C(=O)OC(C)(C)C)cn1. The van der Waals surface area contributed by atoms with Crippen molar-refractivity contribution in [3.05, 3.63) is 23.9 Å². The van der Waals surface area contributed by atoms with E-state index in [-0.39, 0.29) is 0 Å². The van der Waals surface area contributed by atoms with Gasteiger partial charge in [-0.3, -0.25) is 4.79 Å². The number of nitrogens with two attached hydrogens (primary N) is 1. The van der Waals surface area contributed by atoms with Gasteiger partial charge in [0.05, 0.1) is 0 Å². The Kier molecular flexibility index (Phi) is 5.91.